The van der Waals surface area contributed by atoms with Crippen LogP contribution < -0.4 is 26.7 Å². The van der Waals surface area contributed by atoms with Crippen molar-refractivity contribution in [1.29, 1.82) is 0 Å². The summed E-state index contributed by atoms with van der Waals surface area (Å²) in [7, 11) is -0.307. The summed E-state index contributed by atoms with van der Waals surface area (Å²) in [5, 5.41) is 27.7. The van der Waals surface area contributed by atoms with Crippen LogP contribution >= 0.6 is 15.9 Å². The van der Waals surface area contributed by atoms with Crippen LogP contribution in [-0.4, -0.2) is 133 Å². The Morgan fingerprint density at radius 2 is 1.09 bits per heavy atom. The van der Waals surface area contributed by atoms with Crippen molar-refractivity contribution in [2.75, 3.05) is 73.9 Å². The largest absolute Gasteiger partial charge is 0.498 e. The van der Waals surface area contributed by atoms with Gasteiger partial charge in [-0.05, 0) is 111 Å². The molecule has 0 saturated carbocycles. The lowest BCUT2D eigenvalue weighted by atomic mass is 9.82. The third kappa shape index (κ3) is 14.4. The zero-order valence-corrected chi connectivity index (χ0v) is 45.0. The number of H-pyrrole nitrogens is 2. The Morgan fingerprint density at radius 1 is 0.605 bits per heavy atom. The smallest absolute Gasteiger partial charge is 0.399 e. The fourth-order valence-electron chi connectivity index (χ4n) is 8.67. The second-order valence-electron chi connectivity index (χ2n) is 19.7. The number of aromatic nitrogens is 8. The molecule has 20 nitrogen and oxygen atoms in total. The molecule has 2 amide bonds. The molecule has 3 aliphatic rings. The predicted octanol–water partition coefficient (Wildman–Crippen LogP) is 8.19. The fourth-order valence-corrected chi connectivity index (χ4v) is 9.05. The second-order valence-corrected chi connectivity index (χ2v) is 20.6. The van der Waals surface area contributed by atoms with E-state index in [0.29, 0.717) is 11.9 Å². The standard InChI is InChI=1S/C24H25N7O2.C21H22BrN5O2.C9H15BN2O2/c1-16(32)28-21-8-17(15-31-4-6-33-7-5-31)9-22(11-21)29-24-25-12-19-10-18(2-3-23(19)30-24)20-13-26-27-14-20;1-14(28)24-18-8-15(13-27-4-6-29-7-5-27)9-19(11-18)25-21-23-12-16-10-17(22)2-3-20(16)26-21;1-8(2)9(3,4)14-10(13-8)7-5-11-12-6-7/h2-3,8-14H,4-7,15H2,1H3,(H,26,27)(H,28,32)(H,25,29,30);2-3,8-12H,4-7,13H2,1H3,(H,24,28)(H,23,25,26);5-6H,1-4H3,(H,11,12). The number of aromatic amines is 2. The number of fused-ring (bicyclic) bond motifs is 2. The lowest BCUT2D eigenvalue weighted by Gasteiger charge is -2.32. The van der Waals surface area contributed by atoms with E-state index in [0.717, 1.165) is 142 Å². The minimum absolute atomic E-state index is 0.105. The highest BCUT2D eigenvalue weighted by molar-refractivity contribution is 9.10. The molecule has 8 aromatic rings. The molecule has 0 radical (unpaired) electrons. The number of benzene rings is 4. The van der Waals surface area contributed by atoms with Gasteiger partial charge in [0.15, 0.2) is 0 Å². The van der Waals surface area contributed by atoms with E-state index >= 15 is 0 Å². The number of carbonyl (C=O) groups is 2. The van der Waals surface area contributed by atoms with Gasteiger partial charge in [0.05, 0.1) is 54.9 Å². The predicted molar refractivity (Wildman–Crippen MR) is 299 cm³/mol. The number of rotatable bonds is 12. The van der Waals surface area contributed by atoms with Crippen LogP contribution in [0.2, 0.25) is 0 Å². The van der Waals surface area contributed by atoms with E-state index in [1.165, 1.54) is 13.8 Å². The second kappa shape index (κ2) is 24.2. The van der Waals surface area contributed by atoms with Crippen molar-refractivity contribution in [3.8, 4) is 11.1 Å². The van der Waals surface area contributed by atoms with Crippen molar-refractivity contribution in [2.45, 2.75) is 65.8 Å². The van der Waals surface area contributed by atoms with Crippen molar-refractivity contribution < 1.29 is 28.4 Å². The SMILES string of the molecule is CC(=O)Nc1cc(CN2CCOCC2)cc(Nc2ncc3cc(-c4cn[nH]c4)ccc3n2)c1.CC(=O)Nc1cc(CN2CCOCC2)cc(Nc2ncc3cc(Br)ccc3n2)c1.CC1(C)OB(c2cn[nH]c2)OC1(C)C. The molecular formula is C54H62BBrN14O6. The monoisotopic (exact) mass is 1090 g/mol. The number of anilines is 6. The molecule has 0 aliphatic carbocycles. The summed E-state index contributed by atoms with van der Waals surface area (Å²) in [4.78, 5) is 46.1. The Labute approximate surface area is 449 Å². The number of morpholine rings is 2. The molecule has 4 aromatic heterocycles. The van der Waals surface area contributed by atoms with Crippen LogP contribution in [0.5, 0.6) is 0 Å². The quantitative estimate of drug-likeness (QED) is 0.0633. The van der Waals surface area contributed by atoms with Crippen LogP contribution in [0.1, 0.15) is 52.7 Å². The summed E-state index contributed by atoms with van der Waals surface area (Å²) < 4.78 is 23.5. The average Bonchev–Trinajstić information content (AvgIpc) is 4.17. The molecule has 3 saturated heterocycles. The Bertz CT molecular complexity index is 3250. The van der Waals surface area contributed by atoms with Gasteiger partial charge in [-0.2, -0.15) is 10.2 Å². The van der Waals surface area contributed by atoms with Gasteiger partial charge in [0.1, 0.15) is 0 Å². The van der Waals surface area contributed by atoms with Crippen LogP contribution in [0.25, 0.3) is 32.9 Å². The maximum atomic E-state index is 11.7. The molecule has 0 bridgehead atoms. The molecule has 0 unspecified atom stereocenters. The first-order valence-electron chi connectivity index (χ1n) is 25.1. The molecule has 394 valence electrons. The molecule has 7 heterocycles. The number of hydrogen-bond acceptors (Lipinski definition) is 16. The Hall–Kier alpha value is -7.18. The van der Waals surface area contributed by atoms with Crippen molar-refractivity contribution in [1.82, 2.24) is 50.1 Å². The molecule has 22 heteroatoms. The third-order valence-electron chi connectivity index (χ3n) is 13.2. The lowest BCUT2D eigenvalue weighted by Crippen LogP contribution is -2.41. The topological polar surface area (TPSA) is 235 Å². The normalized spacial score (nSPS) is 16.3. The van der Waals surface area contributed by atoms with Gasteiger partial charge in [-0.3, -0.25) is 29.6 Å². The van der Waals surface area contributed by atoms with Gasteiger partial charge < -0.3 is 40.0 Å². The minimum Gasteiger partial charge on any atom is -0.399 e. The lowest BCUT2D eigenvalue weighted by molar-refractivity contribution is -0.115. The molecule has 3 aliphatic heterocycles. The molecule has 3 fully saturated rings. The highest BCUT2D eigenvalue weighted by Gasteiger charge is 2.52. The Kier molecular flexibility index (Phi) is 17.1. The van der Waals surface area contributed by atoms with E-state index in [4.69, 9.17) is 18.8 Å². The molecule has 0 atom stereocenters. The molecule has 4 aromatic carbocycles. The first kappa shape index (κ1) is 53.6. The zero-order chi connectivity index (χ0) is 53.2. The van der Waals surface area contributed by atoms with Crippen LogP contribution in [0, 0.1) is 0 Å². The molecule has 11 rings (SSSR count). The van der Waals surface area contributed by atoms with Crippen molar-refractivity contribution in [2.24, 2.45) is 0 Å². The summed E-state index contributed by atoms with van der Waals surface area (Å²) >= 11 is 3.46. The molecule has 76 heavy (non-hydrogen) atoms. The van der Waals surface area contributed by atoms with Crippen LogP contribution in [0.4, 0.5) is 34.6 Å². The number of hydrogen-bond donors (Lipinski definition) is 6. The summed E-state index contributed by atoms with van der Waals surface area (Å²) in [6.45, 7) is 19.3. The highest BCUT2D eigenvalue weighted by Crippen LogP contribution is 2.36. The van der Waals surface area contributed by atoms with E-state index in [1.807, 2.05) is 94.6 Å². The first-order valence-corrected chi connectivity index (χ1v) is 25.9. The Balaban J connectivity index is 0.000000150. The van der Waals surface area contributed by atoms with Crippen LogP contribution in [-0.2, 0) is 41.5 Å². The summed E-state index contributed by atoms with van der Waals surface area (Å²) in [5.74, 6) is 0.792. The van der Waals surface area contributed by atoms with Gasteiger partial charge in [-0.1, -0.05) is 22.0 Å². The maximum Gasteiger partial charge on any atom is 0.498 e. The number of ether oxygens (including phenoxy) is 2. The summed E-state index contributed by atoms with van der Waals surface area (Å²) in [5.41, 5.74) is 9.46. The number of nitrogens with one attached hydrogen (secondary N) is 6. The number of halogens is 1. The summed E-state index contributed by atoms with van der Waals surface area (Å²) in [6, 6.07) is 23.8. The van der Waals surface area contributed by atoms with Gasteiger partial charge >= 0.3 is 7.12 Å². The van der Waals surface area contributed by atoms with Gasteiger partial charge in [-0.25, -0.2) is 19.9 Å². The fraction of sp³-hybridized carbons (Fsp3) is 0.333. The zero-order valence-electron chi connectivity index (χ0n) is 43.4. The molecule has 0 spiro atoms. The van der Waals surface area contributed by atoms with Gasteiger partial charge in [-0.15, -0.1) is 0 Å². The van der Waals surface area contributed by atoms with Gasteiger partial charge in [0.2, 0.25) is 23.7 Å². The van der Waals surface area contributed by atoms with Crippen molar-refractivity contribution in [3.05, 3.63) is 126 Å². The Morgan fingerprint density at radius 3 is 1.58 bits per heavy atom. The van der Waals surface area contributed by atoms with Crippen molar-refractivity contribution >= 4 is 96.8 Å². The van der Waals surface area contributed by atoms with Crippen LogP contribution in [0.15, 0.2) is 114 Å². The minimum atomic E-state index is -0.307. The number of amides is 2. The van der Waals surface area contributed by atoms with E-state index < -0.39 is 0 Å². The highest BCUT2D eigenvalue weighted by atomic mass is 79.9. The van der Waals surface area contributed by atoms with E-state index in [-0.39, 0.29) is 30.1 Å². The van der Waals surface area contributed by atoms with Gasteiger partial charge in [0.25, 0.3) is 0 Å². The third-order valence-corrected chi connectivity index (χ3v) is 13.6. The first-order chi connectivity index (χ1) is 36.6. The maximum absolute atomic E-state index is 11.7. The molecule has 6 N–H and O–H groups in total. The van der Waals surface area contributed by atoms with Crippen molar-refractivity contribution in [3.63, 3.8) is 0 Å². The van der Waals surface area contributed by atoms with E-state index in [9.17, 15) is 9.59 Å². The van der Waals surface area contributed by atoms with E-state index in [2.05, 4.69) is 99.5 Å². The number of carbonyl (C=O) groups excluding carboxylic acids is 2. The number of nitrogens with zero attached hydrogens (tertiary/aromatic N) is 8. The average molecular weight is 1090 g/mol. The molecular weight excluding hydrogens is 1030 g/mol. The summed E-state index contributed by atoms with van der Waals surface area (Å²) in [6.07, 6.45) is 10.8. The van der Waals surface area contributed by atoms with E-state index in [1.54, 1.807) is 31.0 Å². The van der Waals surface area contributed by atoms with Gasteiger partial charge in [0, 0.05) is 133 Å². The van der Waals surface area contributed by atoms with Crippen LogP contribution in [0.3, 0.4) is 0 Å².